The third-order valence-electron chi connectivity index (χ3n) is 5.68. The second kappa shape index (κ2) is 7.88. The quantitative estimate of drug-likeness (QED) is 0.303. The predicted octanol–water partition coefficient (Wildman–Crippen LogP) is 7.94. The zero-order valence-corrected chi connectivity index (χ0v) is 17.0. The van der Waals surface area contributed by atoms with Gasteiger partial charge in [0.05, 0.1) is 0 Å². The molecule has 0 aromatic heterocycles. The molecule has 1 heteroatoms. The summed E-state index contributed by atoms with van der Waals surface area (Å²) in [5.41, 5.74) is 7.29. The highest BCUT2D eigenvalue weighted by atomic mass is 15.1. The molecule has 0 spiro atoms. The van der Waals surface area contributed by atoms with E-state index >= 15 is 0 Å². The van der Waals surface area contributed by atoms with E-state index in [1.54, 1.807) is 0 Å². The maximum Gasteiger partial charge on any atom is 0.0414 e. The zero-order valence-electron chi connectivity index (χ0n) is 17.0. The second-order valence-electron chi connectivity index (χ2n) is 7.58. The van der Waals surface area contributed by atoms with Crippen molar-refractivity contribution in [2.75, 3.05) is 11.9 Å². The topological polar surface area (TPSA) is 3.24 Å². The Kier molecular flexibility index (Phi) is 4.78. The van der Waals surface area contributed by atoms with Crippen molar-refractivity contribution in [1.82, 2.24) is 0 Å². The first-order valence-electron chi connectivity index (χ1n) is 10.3. The predicted molar refractivity (Wildman–Crippen MR) is 129 cm³/mol. The fourth-order valence-corrected chi connectivity index (χ4v) is 3.92. The van der Waals surface area contributed by atoms with E-state index in [1.807, 2.05) is 6.07 Å². The molecule has 0 N–H and O–H groups in total. The van der Waals surface area contributed by atoms with Crippen LogP contribution in [-0.2, 0) is 0 Å². The number of hydrogen-bond donors (Lipinski definition) is 0. The molecule has 0 saturated heterocycles. The van der Waals surface area contributed by atoms with E-state index in [2.05, 4.69) is 127 Å². The Balaban J connectivity index is 1.44. The second-order valence-corrected chi connectivity index (χ2v) is 7.58. The van der Waals surface area contributed by atoms with Gasteiger partial charge in [-0.15, -0.1) is 0 Å². The molecule has 1 nitrogen and oxygen atoms in total. The summed E-state index contributed by atoms with van der Waals surface area (Å²) in [4.78, 5) is 2.24. The minimum Gasteiger partial charge on any atom is -0.345 e. The molecule has 0 aliphatic heterocycles. The van der Waals surface area contributed by atoms with Gasteiger partial charge in [-0.1, -0.05) is 91.0 Å². The number of fused-ring (bicyclic) bond motifs is 1. The third-order valence-corrected chi connectivity index (χ3v) is 5.68. The summed E-state index contributed by atoms with van der Waals surface area (Å²) in [7, 11) is 2.12. The Labute approximate surface area is 177 Å². The van der Waals surface area contributed by atoms with Gasteiger partial charge in [0.25, 0.3) is 0 Å². The van der Waals surface area contributed by atoms with Crippen LogP contribution in [0.3, 0.4) is 0 Å². The van der Waals surface area contributed by atoms with Crippen molar-refractivity contribution >= 4 is 22.1 Å². The molecule has 0 heterocycles. The molecule has 30 heavy (non-hydrogen) atoms. The summed E-state index contributed by atoms with van der Waals surface area (Å²) in [5.74, 6) is 0. The molecule has 0 aliphatic carbocycles. The van der Waals surface area contributed by atoms with Crippen LogP contribution in [0.5, 0.6) is 0 Å². The lowest BCUT2D eigenvalue weighted by molar-refractivity contribution is 1.21. The maximum absolute atomic E-state index is 2.27. The fourth-order valence-electron chi connectivity index (χ4n) is 3.92. The summed E-state index contributed by atoms with van der Waals surface area (Å²) in [6.07, 6.45) is 0. The first-order chi connectivity index (χ1) is 14.8. The first kappa shape index (κ1) is 18.2. The fraction of sp³-hybridized carbons (Fsp3) is 0.0345. The van der Waals surface area contributed by atoms with Gasteiger partial charge < -0.3 is 4.90 Å². The Hall–Kier alpha value is -3.84. The van der Waals surface area contributed by atoms with E-state index in [-0.39, 0.29) is 0 Å². The third kappa shape index (κ3) is 3.58. The van der Waals surface area contributed by atoms with Crippen LogP contribution in [0.2, 0.25) is 0 Å². The van der Waals surface area contributed by atoms with Gasteiger partial charge in [0, 0.05) is 18.4 Å². The molecule has 0 radical (unpaired) electrons. The van der Waals surface area contributed by atoms with Crippen LogP contribution >= 0.6 is 0 Å². The van der Waals surface area contributed by atoms with Gasteiger partial charge in [-0.05, 0) is 63.4 Å². The zero-order chi connectivity index (χ0) is 20.3. The normalized spacial score (nSPS) is 10.8. The Bertz CT molecular complexity index is 1290. The number of hydrogen-bond acceptors (Lipinski definition) is 1. The average molecular weight is 386 g/mol. The summed E-state index contributed by atoms with van der Waals surface area (Å²) < 4.78 is 0. The summed E-state index contributed by atoms with van der Waals surface area (Å²) in [5, 5.41) is 2.54. The van der Waals surface area contributed by atoms with Crippen LogP contribution in [-0.4, -0.2) is 7.05 Å². The molecule has 144 valence electrons. The Morgan fingerprint density at radius 3 is 1.80 bits per heavy atom. The molecule has 0 bridgehead atoms. The minimum absolute atomic E-state index is 1.17. The molecule has 0 atom stereocenters. The van der Waals surface area contributed by atoms with E-state index in [1.165, 1.54) is 44.4 Å². The van der Waals surface area contributed by atoms with Crippen molar-refractivity contribution in [2.45, 2.75) is 0 Å². The van der Waals surface area contributed by atoms with Gasteiger partial charge in [-0.2, -0.15) is 0 Å². The number of benzene rings is 5. The molecule has 0 aliphatic rings. The van der Waals surface area contributed by atoms with E-state index < -0.39 is 0 Å². The molecule has 0 saturated carbocycles. The molecule has 5 rings (SSSR count). The van der Waals surface area contributed by atoms with Gasteiger partial charge in [0.2, 0.25) is 0 Å². The largest absolute Gasteiger partial charge is 0.345 e. The SMILES string of the molecule is CN(c1ccc(-c2ccccc2)cc1)c1cccc(-c2ccc3ccccc3c2)c1. The van der Waals surface area contributed by atoms with E-state index in [0.29, 0.717) is 0 Å². The van der Waals surface area contributed by atoms with Crippen LogP contribution < -0.4 is 4.90 Å². The van der Waals surface area contributed by atoms with Crippen molar-refractivity contribution < 1.29 is 0 Å². The van der Waals surface area contributed by atoms with Crippen molar-refractivity contribution in [3.63, 3.8) is 0 Å². The van der Waals surface area contributed by atoms with Crippen molar-refractivity contribution in [3.8, 4) is 22.3 Å². The average Bonchev–Trinajstić information content (AvgIpc) is 2.84. The van der Waals surface area contributed by atoms with Gasteiger partial charge in [-0.25, -0.2) is 0 Å². The summed E-state index contributed by atoms with van der Waals surface area (Å²) >= 11 is 0. The molecular formula is C29H23N. The van der Waals surface area contributed by atoms with Crippen molar-refractivity contribution in [1.29, 1.82) is 0 Å². The lowest BCUT2D eigenvalue weighted by Gasteiger charge is -2.21. The molecule has 0 fully saturated rings. The van der Waals surface area contributed by atoms with Crippen molar-refractivity contribution in [3.05, 3.63) is 121 Å². The molecule has 0 amide bonds. The van der Waals surface area contributed by atoms with Crippen LogP contribution in [0.15, 0.2) is 121 Å². The van der Waals surface area contributed by atoms with Gasteiger partial charge >= 0.3 is 0 Å². The van der Waals surface area contributed by atoms with Crippen LogP contribution in [0.4, 0.5) is 11.4 Å². The van der Waals surface area contributed by atoms with Gasteiger partial charge in [0.15, 0.2) is 0 Å². The van der Waals surface area contributed by atoms with E-state index in [0.717, 1.165) is 0 Å². The smallest absolute Gasteiger partial charge is 0.0414 e. The monoisotopic (exact) mass is 385 g/mol. The van der Waals surface area contributed by atoms with E-state index in [4.69, 9.17) is 0 Å². The lowest BCUT2D eigenvalue weighted by atomic mass is 10.0. The molecule has 5 aromatic rings. The van der Waals surface area contributed by atoms with Crippen LogP contribution in [0.1, 0.15) is 0 Å². The number of rotatable bonds is 4. The number of anilines is 2. The van der Waals surface area contributed by atoms with Crippen molar-refractivity contribution in [2.24, 2.45) is 0 Å². The van der Waals surface area contributed by atoms with E-state index in [9.17, 15) is 0 Å². The Morgan fingerprint density at radius 1 is 0.400 bits per heavy atom. The standard InChI is InChI=1S/C29H23N/c1-30(28-18-16-24(17-19-28)22-8-3-2-4-9-22)29-13-7-12-26(21-29)27-15-14-23-10-5-6-11-25(23)20-27/h2-21H,1H3. The van der Waals surface area contributed by atoms with Gasteiger partial charge in [0.1, 0.15) is 0 Å². The lowest BCUT2D eigenvalue weighted by Crippen LogP contribution is -2.09. The first-order valence-corrected chi connectivity index (χ1v) is 10.3. The highest BCUT2D eigenvalue weighted by Gasteiger charge is 2.07. The minimum atomic E-state index is 1.17. The summed E-state index contributed by atoms with van der Waals surface area (Å²) in [6.45, 7) is 0. The Morgan fingerprint density at radius 2 is 1.00 bits per heavy atom. The summed E-state index contributed by atoms with van der Waals surface area (Å²) in [6, 6.07) is 43.1. The highest BCUT2D eigenvalue weighted by Crippen LogP contribution is 2.31. The van der Waals surface area contributed by atoms with Crippen LogP contribution in [0, 0.1) is 0 Å². The molecular weight excluding hydrogens is 362 g/mol. The molecule has 0 unspecified atom stereocenters. The van der Waals surface area contributed by atoms with Crippen LogP contribution in [0.25, 0.3) is 33.0 Å². The van der Waals surface area contributed by atoms with Gasteiger partial charge in [-0.3, -0.25) is 0 Å². The highest BCUT2D eigenvalue weighted by molar-refractivity contribution is 5.87. The maximum atomic E-state index is 2.27. The number of nitrogens with zero attached hydrogens (tertiary/aromatic N) is 1. The molecule has 5 aromatic carbocycles.